The third-order valence-corrected chi connectivity index (χ3v) is 4.74. The summed E-state index contributed by atoms with van der Waals surface area (Å²) in [4.78, 5) is 12.5. The van der Waals surface area contributed by atoms with Crippen LogP contribution >= 0.6 is 11.6 Å². The van der Waals surface area contributed by atoms with Crippen molar-refractivity contribution in [3.8, 4) is 0 Å². The van der Waals surface area contributed by atoms with E-state index >= 15 is 0 Å². The van der Waals surface area contributed by atoms with Gasteiger partial charge in [-0.1, -0.05) is 36.6 Å². The van der Waals surface area contributed by atoms with Gasteiger partial charge in [0.15, 0.2) is 0 Å². The van der Waals surface area contributed by atoms with Gasteiger partial charge in [-0.2, -0.15) is 5.10 Å². The van der Waals surface area contributed by atoms with E-state index in [0.29, 0.717) is 17.4 Å². The Hall–Kier alpha value is -1.81. The first-order chi connectivity index (χ1) is 11.1. The first kappa shape index (κ1) is 16.1. The maximum atomic E-state index is 12.5. The van der Waals surface area contributed by atoms with Crippen molar-refractivity contribution in [2.75, 3.05) is 0 Å². The van der Waals surface area contributed by atoms with Crippen molar-refractivity contribution < 1.29 is 4.79 Å². The van der Waals surface area contributed by atoms with Crippen LogP contribution < -0.4 is 5.32 Å². The molecule has 2 aromatic rings. The minimum Gasteiger partial charge on any atom is -0.349 e. The van der Waals surface area contributed by atoms with Crippen LogP contribution in [0, 0.1) is 5.92 Å². The van der Waals surface area contributed by atoms with Gasteiger partial charge in [0.1, 0.15) is 0 Å². The number of nitrogens with one attached hydrogen (secondary N) is 1. The molecule has 3 rings (SSSR count). The van der Waals surface area contributed by atoms with Crippen LogP contribution in [0.4, 0.5) is 0 Å². The lowest BCUT2D eigenvalue weighted by molar-refractivity contribution is -0.121. The molecule has 1 saturated carbocycles. The van der Waals surface area contributed by atoms with E-state index in [2.05, 4.69) is 16.5 Å². The van der Waals surface area contributed by atoms with Crippen molar-refractivity contribution in [3.05, 3.63) is 52.8 Å². The highest BCUT2D eigenvalue weighted by Gasteiger charge is 2.28. The van der Waals surface area contributed by atoms with Gasteiger partial charge in [-0.25, -0.2) is 0 Å². The fourth-order valence-electron chi connectivity index (χ4n) is 3.41. The lowest BCUT2D eigenvalue weighted by Crippen LogP contribution is -2.33. The number of amides is 1. The van der Waals surface area contributed by atoms with Crippen LogP contribution in [0.15, 0.2) is 36.5 Å². The molecule has 0 spiro atoms. The van der Waals surface area contributed by atoms with Gasteiger partial charge in [0.05, 0.1) is 18.2 Å². The molecule has 23 heavy (non-hydrogen) atoms. The third kappa shape index (κ3) is 4.14. The molecule has 0 aliphatic heterocycles. The maximum absolute atomic E-state index is 12.5. The molecule has 122 valence electrons. The molecule has 0 radical (unpaired) electrons. The van der Waals surface area contributed by atoms with Gasteiger partial charge in [0, 0.05) is 18.3 Å². The molecule has 1 aliphatic carbocycles. The quantitative estimate of drug-likeness (QED) is 0.908. The summed E-state index contributed by atoms with van der Waals surface area (Å²) in [6.45, 7) is 0. The lowest BCUT2D eigenvalue weighted by Gasteiger charge is -2.25. The number of carbonyl (C=O) groups excluding carboxylic acids is 1. The number of benzene rings is 1. The van der Waals surface area contributed by atoms with E-state index in [9.17, 15) is 4.79 Å². The molecular formula is C18H22ClN3O. The van der Waals surface area contributed by atoms with Crippen LogP contribution in [-0.4, -0.2) is 15.7 Å². The topological polar surface area (TPSA) is 46.9 Å². The van der Waals surface area contributed by atoms with E-state index in [1.807, 2.05) is 37.5 Å². The Kier molecular flexibility index (Phi) is 5.01. The Morgan fingerprint density at radius 1 is 1.39 bits per heavy atom. The SMILES string of the molecule is Cn1ccc(CC(=O)N[C@H](c2cccc(Cl)c2)C2CCCC2)n1. The molecule has 1 amide bonds. The highest BCUT2D eigenvalue weighted by atomic mass is 35.5. The van der Waals surface area contributed by atoms with Gasteiger partial charge in [-0.05, 0) is 42.5 Å². The Balaban J connectivity index is 1.74. The first-order valence-corrected chi connectivity index (χ1v) is 8.53. The summed E-state index contributed by atoms with van der Waals surface area (Å²) in [6, 6.07) is 9.75. The number of carbonyl (C=O) groups is 1. The van der Waals surface area contributed by atoms with Crippen LogP contribution in [0.2, 0.25) is 5.02 Å². The molecule has 1 aliphatic rings. The summed E-state index contributed by atoms with van der Waals surface area (Å²) >= 11 is 6.14. The van der Waals surface area contributed by atoms with Crippen LogP contribution in [-0.2, 0) is 18.3 Å². The second-order valence-corrected chi connectivity index (χ2v) is 6.74. The number of hydrogen-bond acceptors (Lipinski definition) is 2. The molecule has 5 heteroatoms. The molecule has 0 unspecified atom stereocenters. The van der Waals surface area contributed by atoms with Gasteiger partial charge in [-0.3, -0.25) is 9.48 Å². The fraction of sp³-hybridized carbons (Fsp3) is 0.444. The Bertz CT molecular complexity index is 676. The first-order valence-electron chi connectivity index (χ1n) is 8.15. The average Bonchev–Trinajstić information content (AvgIpc) is 3.17. The third-order valence-electron chi connectivity index (χ3n) is 4.51. The lowest BCUT2D eigenvalue weighted by atomic mass is 9.91. The van der Waals surface area contributed by atoms with Crippen molar-refractivity contribution in [1.82, 2.24) is 15.1 Å². The number of aryl methyl sites for hydroxylation is 1. The summed E-state index contributed by atoms with van der Waals surface area (Å²) < 4.78 is 1.72. The Morgan fingerprint density at radius 2 is 2.17 bits per heavy atom. The minimum atomic E-state index is 0.0144. The van der Waals surface area contributed by atoms with E-state index < -0.39 is 0 Å². The van der Waals surface area contributed by atoms with Crippen LogP contribution in [0.3, 0.4) is 0 Å². The van der Waals surface area contributed by atoms with E-state index in [1.165, 1.54) is 12.8 Å². The molecule has 0 bridgehead atoms. The van der Waals surface area contributed by atoms with Gasteiger partial charge in [0.2, 0.25) is 5.91 Å². The molecule has 1 aromatic carbocycles. The zero-order chi connectivity index (χ0) is 16.2. The number of halogens is 1. The largest absolute Gasteiger partial charge is 0.349 e. The van der Waals surface area contributed by atoms with Crippen LogP contribution in [0.5, 0.6) is 0 Å². The van der Waals surface area contributed by atoms with Crippen molar-refractivity contribution in [3.63, 3.8) is 0 Å². The standard InChI is InChI=1S/C18H22ClN3O/c1-22-10-9-16(21-22)12-17(23)20-18(13-5-2-3-6-13)14-7-4-8-15(19)11-14/h4,7-11,13,18H,2-3,5-6,12H2,1H3,(H,20,23)/t18-/m0/s1. The summed E-state index contributed by atoms with van der Waals surface area (Å²) in [6.07, 6.45) is 6.94. The summed E-state index contributed by atoms with van der Waals surface area (Å²) in [5.41, 5.74) is 1.89. The Morgan fingerprint density at radius 3 is 2.83 bits per heavy atom. The molecule has 0 saturated heterocycles. The van der Waals surface area contributed by atoms with Gasteiger partial charge in [-0.15, -0.1) is 0 Å². The maximum Gasteiger partial charge on any atom is 0.226 e. The second kappa shape index (κ2) is 7.18. The van der Waals surface area contributed by atoms with E-state index in [1.54, 1.807) is 4.68 Å². The molecule has 1 aromatic heterocycles. The fourth-order valence-corrected chi connectivity index (χ4v) is 3.61. The highest BCUT2D eigenvalue weighted by Crippen LogP contribution is 2.36. The summed E-state index contributed by atoms with van der Waals surface area (Å²) in [7, 11) is 1.86. The smallest absolute Gasteiger partial charge is 0.226 e. The van der Waals surface area contributed by atoms with Crippen LogP contribution in [0.1, 0.15) is 43.0 Å². The molecule has 1 N–H and O–H groups in total. The van der Waals surface area contributed by atoms with Gasteiger partial charge in [0.25, 0.3) is 0 Å². The van der Waals surface area contributed by atoms with E-state index in [-0.39, 0.29) is 11.9 Å². The number of rotatable bonds is 5. The normalized spacial score (nSPS) is 16.4. The average molecular weight is 332 g/mol. The summed E-state index contributed by atoms with van der Waals surface area (Å²) in [5, 5.41) is 8.20. The van der Waals surface area contributed by atoms with Crippen molar-refractivity contribution >= 4 is 17.5 Å². The summed E-state index contributed by atoms with van der Waals surface area (Å²) in [5.74, 6) is 0.502. The van der Waals surface area contributed by atoms with Crippen molar-refractivity contribution in [2.45, 2.75) is 38.1 Å². The predicted molar refractivity (Wildman–Crippen MR) is 91.2 cm³/mol. The Labute approximate surface area is 141 Å². The zero-order valence-corrected chi connectivity index (χ0v) is 14.1. The number of aromatic nitrogens is 2. The number of nitrogens with zero attached hydrogens (tertiary/aromatic N) is 2. The highest BCUT2D eigenvalue weighted by molar-refractivity contribution is 6.30. The van der Waals surface area contributed by atoms with Crippen molar-refractivity contribution in [1.29, 1.82) is 0 Å². The number of hydrogen-bond donors (Lipinski definition) is 1. The minimum absolute atomic E-state index is 0.0144. The molecule has 4 nitrogen and oxygen atoms in total. The molecular weight excluding hydrogens is 310 g/mol. The van der Waals surface area contributed by atoms with E-state index in [4.69, 9.17) is 11.6 Å². The van der Waals surface area contributed by atoms with Crippen molar-refractivity contribution in [2.24, 2.45) is 13.0 Å². The predicted octanol–water partition coefficient (Wildman–Crippen LogP) is 3.66. The molecule has 1 heterocycles. The van der Waals surface area contributed by atoms with Gasteiger partial charge < -0.3 is 5.32 Å². The molecule has 1 atom stereocenters. The zero-order valence-electron chi connectivity index (χ0n) is 13.3. The monoisotopic (exact) mass is 331 g/mol. The molecule has 1 fully saturated rings. The van der Waals surface area contributed by atoms with Gasteiger partial charge >= 0.3 is 0 Å². The van der Waals surface area contributed by atoms with E-state index in [0.717, 1.165) is 24.1 Å². The van der Waals surface area contributed by atoms with Crippen LogP contribution in [0.25, 0.3) is 0 Å². The second-order valence-electron chi connectivity index (χ2n) is 6.30.